The predicted molar refractivity (Wildman–Crippen MR) is 53.2 cm³/mol. The molecule has 1 aromatic heterocycles. The lowest BCUT2D eigenvalue weighted by molar-refractivity contribution is 0.0953. The third-order valence-corrected chi connectivity index (χ3v) is 2.40. The van der Waals surface area contributed by atoms with Gasteiger partial charge in [0, 0.05) is 18.0 Å². The molecule has 0 unspecified atom stereocenters. The van der Waals surface area contributed by atoms with E-state index in [1.807, 2.05) is 13.8 Å². The van der Waals surface area contributed by atoms with Gasteiger partial charge in [-0.25, -0.2) is 0 Å². The van der Waals surface area contributed by atoms with E-state index in [0.29, 0.717) is 17.3 Å². The van der Waals surface area contributed by atoms with Crippen LogP contribution < -0.4 is 5.32 Å². The SMILES string of the molecule is CC(C)CNC(=O)c1cc(O)cs1. The summed E-state index contributed by atoms with van der Waals surface area (Å²) in [5, 5.41) is 13.3. The molecular formula is C9H13NO2S. The fourth-order valence-electron chi connectivity index (χ4n) is 0.829. The standard InChI is InChI=1S/C9H13NO2S/c1-6(2)4-10-9(12)8-3-7(11)5-13-8/h3,5-6,11H,4H2,1-2H3,(H,10,12). The van der Waals surface area contributed by atoms with Crippen LogP contribution >= 0.6 is 11.3 Å². The zero-order valence-corrected chi connectivity index (χ0v) is 8.52. The first kappa shape index (κ1) is 10.1. The van der Waals surface area contributed by atoms with Gasteiger partial charge < -0.3 is 10.4 Å². The topological polar surface area (TPSA) is 49.3 Å². The molecule has 0 aliphatic carbocycles. The molecule has 3 nitrogen and oxygen atoms in total. The lowest BCUT2D eigenvalue weighted by Crippen LogP contribution is -2.26. The Hall–Kier alpha value is -1.03. The summed E-state index contributed by atoms with van der Waals surface area (Å²) in [5.41, 5.74) is 0. The second-order valence-corrected chi connectivity index (χ2v) is 4.18. The molecule has 1 heterocycles. The molecule has 0 radical (unpaired) electrons. The lowest BCUT2D eigenvalue weighted by atomic mass is 10.2. The number of aromatic hydroxyl groups is 1. The maximum Gasteiger partial charge on any atom is 0.261 e. The summed E-state index contributed by atoms with van der Waals surface area (Å²) in [7, 11) is 0. The predicted octanol–water partition coefficient (Wildman–Crippen LogP) is 1.84. The normalized spacial score (nSPS) is 10.4. The van der Waals surface area contributed by atoms with Gasteiger partial charge in [-0.05, 0) is 5.92 Å². The third kappa shape index (κ3) is 3.06. The van der Waals surface area contributed by atoms with Crippen molar-refractivity contribution in [2.24, 2.45) is 5.92 Å². The van der Waals surface area contributed by atoms with Crippen molar-refractivity contribution in [2.75, 3.05) is 6.54 Å². The van der Waals surface area contributed by atoms with E-state index in [1.54, 1.807) is 5.38 Å². The molecule has 0 aromatic carbocycles. The molecule has 1 rings (SSSR count). The Labute approximate surface area is 81.4 Å². The zero-order valence-electron chi connectivity index (χ0n) is 7.70. The number of hydrogen-bond acceptors (Lipinski definition) is 3. The number of amides is 1. The monoisotopic (exact) mass is 199 g/mol. The van der Waals surface area contributed by atoms with Crippen LogP contribution in [0.2, 0.25) is 0 Å². The van der Waals surface area contributed by atoms with Crippen LogP contribution in [0.3, 0.4) is 0 Å². The highest BCUT2D eigenvalue weighted by Crippen LogP contribution is 2.19. The molecule has 0 bridgehead atoms. The largest absolute Gasteiger partial charge is 0.507 e. The summed E-state index contributed by atoms with van der Waals surface area (Å²) < 4.78 is 0. The van der Waals surface area contributed by atoms with Gasteiger partial charge in [-0.2, -0.15) is 0 Å². The average molecular weight is 199 g/mol. The first-order valence-corrected chi connectivity index (χ1v) is 5.03. The Morgan fingerprint density at radius 1 is 1.69 bits per heavy atom. The van der Waals surface area contributed by atoms with Gasteiger partial charge >= 0.3 is 0 Å². The summed E-state index contributed by atoms with van der Waals surface area (Å²) in [6, 6.07) is 1.47. The highest BCUT2D eigenvalue weighted by molar-refractivity contribution is 7.12. The molecule has 13 heavy (non-hydrogen) atoms. The number of nitrogens with one attached hydrogen (secondary N) is 1. The van der Waals surface area contributed by atoms with E-state index in [2.05, 4.69) is 5.32 Å². The molecule has 0 saturated carbocycles. The van der Waals surface area contributed by atoms with Crippen molar-refractivity contribution < 1.29 is 9.90 Å². The van der Waals surface area contributed by atoms with Crippen LogP contribution in [-0.2, 0) is 0 Å². The fourth-order valence-corrected chi connectivity index (χ4v) is 1.51. The molecule has 0 atom stereocenters. The summed E-state index contributed by atoms with van der Waals surface area (Å²) in [6.07, 6.45) is 0. The van der Waals surface area contributed by atoms with Crippen LogP contribution in [0.15, 0.2) is 11.4 Å². The highest BCUT2D eigenvalue weighted by Gasteiger charge is 2.08. The van der Waals surface area contributed by atoms with Gasteiger partial charge in [-0.3, -0.25) is 4.79 Å². The van der Waals surface area contributed by atoms with E-state index in [1.165, 1.54) is 17.4 Å². The maximum absolute atomic E-state index is 11.4. The van der Waals surface area contributed by atoms with Crippen molar-refractivity contribution in [2.45, 2.75) is 13.8 Å². The van der Waals surface area contributed by atoms with Crippen LogP contribution in [-0.4, -0.2) is 17.6 Å². The molecular weight excluding hydrogens is 186 g/mol. The van der Waals surface area contributed by atoms with Crippen molar-refractivity contribution in [3.05, 3.63) is 16.3 Å². The van der Waals surface area contributed by atoms with E-state index in [0.717, 1.165) is 0 Å². The Balaban J connectivity index is 2.49. The van der Waals surface area contributed by atoms with Gasteiger partial charge in [0.25, 0.3) is 5.91 Å². The van der Waals surface area contributed by atoms with E-state index >= 15 is 0 Å². The molecule has 4 heteroatoms. The molecule has 1 aromatic rings. The van der Waals surface area contributed by atoms with Crippen LogP contribution in [0.1, 0.15) is 23.5 Å². The lowest BCUT2D eigenvalue weighted by Gasteiger charge is -2.05. The number of thiophene rings is 1. The minimum absolute atomic E-state index is 0.112. The molecule has 72 valence electrons. The minimum atomic E-state index is -0.112. The highest BCUT2D eigenvalue weighted by atomic mass is 32.1. The van der Waals surface area contributed by atoms with Crippen LogP contribution in [0, 0.1) is 5.92 Å². The number of carbonyl (C=O) groups is 1. The zero-order chi connectivity index (χ0) is 9.84. The molecule has 1 amide bonds. The summed E-state index contributed by atoms with van der Waals surface area (Å²) in [6.45, 7) is 4.73. The maximum atomic E-state index is 11.4. The third-order valence-electron chi connectivity index (χ3n) is 1.48. The van der Waals surface area contributed by atoms with E-state index in [9.17, 15) is 4.79 Å². The number of rotatable bonds is 3. The van der Waals surface area contributed by atoms with Crippen LogP contribution in [0.4, 0.5) is 0 Å². The first-order chi connectivity index (χ1) is 6.09. The van der Waals surface area contributed by atoms with E-state index < -0.39 is 0 Å². The summed E-state index contributed by atoms with van der Waals surface area (Å²) >= 11 is 1.25. The van der Waals surface area contributed by atoms with Gasteiger partial charge in [0.05, 0.1) is 4.88 Å². The van der Waals surface area contributed by atoms with Crippen molar-refractivity contribution in [1.82, 2.24) is 5.32 Å². The Bertz CT molecular complexity index is 294. The fraction of sp³-hybridized carbons (Fsp3) is 0.444. The molecule has 0 fully saturated rings. The summed E-state index contributed by atoms with van der Waals surface area (Å²) in [5.74, 6) is 0.483. The van der Waals surface area contributed by atoms with Gasteiger partial charge in [-0.15, -0.1) is 11.3 Å². The Morgan fingerprint density at radius 2 is 2.38 bits per heavy atom. The summed E-state index contributed by atoms with van der Waals surface area (Å²) in [4.78, 5) is 11.9. The van der Waals surface area contributed by atoms with Crippen LogP contribution in [0.25, 0.3) is 0 Å². The molecule has 0 aliphatic rings. The number of hydrogen-bond donors (Lipinski definition) is 2. The van der Waals surface area contributed by atoms with Gasteiger partial charge in [-0.1, -0.05) is 13.8 Å². The van der Waals surface area contributed by atoms with Crippen molar-refractivity contribution in [3.63, 3.8) is 0 Å². The Kier molecular flexibility index (Phi) is 3.31. The van der Waals surface area contributed by atoms with Gasteiger partial charge in [0.15, 0.2) is 0 Å². The minimum Gasteiger partial charge on any atom is -0.507 e. The van der Waals surface area contributed by atoms with Crippen molar-refractivity contribution in [1.29, 1.82) is 0 Å². The van der Waals surface area contributed by atoms with E-state index in [-0.39, 0.29) is 11.7 Å². The van der Waals surface area contributed by atoms with Crippen molar-refractivity contribution in [3.8, 4) is 5.75 Å². The molecule has 0 saturated heterocycles. The smallest absolute Gasteiger partial charge is 0.261 e. The molecule has 2 N–H and O–H groups in total. The first-order valence-electron chi connectivity index (χ1n) is 4.15. The number of carbonyl (C=O) groups excluding carboxylic acids is 1. The van der Waals surface area contributed by atoms with Crippen molar-refractivity contribution >= 4 is 17.2 Å². The quantitative estimate of drug-likeness (QED) is 0.780. The average Bonchev–Trinajstić information content (AvgIpc) is 2.47. The van der Waals surface area contributed by atoms with E-state index in [4.69, 9.17) is 5.11 Å². The Morgan fingerprint density at radius 3 is 2.85 bits per heavy atom. The molecule has 0 spiro atoms. The molecule has 0 aliphatic heterocycles. The van der Waals surface area contributed by atoms with Crippen LogP contribution in [0.5, 0.6) is 5.75 Å². The second kappa shape index (κ2) is 4.28. The van der Waals surface area contributed by atoms with Gasteiger partial charge in [0.2, 0.25) is 0 Å². The van der Waals surface area contributed by atoms with Gasteiger partial charge in [0.1, 0.15) is 5.75 Å². The second-order valence-electron chi connectivity index (χ2n) is 3.27.